The van der Waals surface area contributed by atoms with Crippen LogP contribution < -0.4 is 5.32 Å². The first-order chi connectivity index (χ1) is 7.22. The van der Waals surface area contributed by atoms with Gasteiger partial charge in [-0.1, -0.05) is 13.3 Å². The fraction of sp³-hybridized carbons (Fsp3) is 0.909. The molecule has 1 aliphatic heterocycles. The Morgan fingerprint density at radius 3 is 3.07 bits per heavy atom. The van der Waals surface area contributed by atoms with Gasteiger partial charge >= 0.3 is 0 Å². The lowest BCUT2D eigenvalue weighted by Crippen LogP contribution is -2.44. The van der Waals surface area contributed by atoms with E-state index in [1.165, 1.54) is 0 Å². The number of likely N-dealkylation sites (tertiary alicyclic amines) is 1. The molecule has 0 aromatic rings. The molecule has 0 bridgehead atoms. The number of rotatable bonds is 5. The summed E-state index contributed by atoms with van der Waals surface area (Å²) in [4.78, 5) is 13.5. The molecule has 1 fully saturated rings. The summed E-state index contributed by atoms with van der Waals surface area (Å²) < 4.78 is 0. The van der Waals surface area contributed by atoms with Gasteiger partial charge in [-0.2, -0.15) is 0 Å². The lowest BCUT2D eigenvalue weighted by Gasteiger charge is -2.29. The van der Waals surface area contributed by atoms with Crippen molar-refractivity contribution in [3.05, 3.63) is 0 Å². The van der Waals surface area contributed by atoms with E-state index in [4.69, 9.17) is 0 Å². The Kier molecular flexibility index (Phi) is 5.65. The molecule has 1 heterocycles. The topological polar surface area (TPSA) is 52.6 Å². The highest BCUT2D eigenvalue weighted by molar-refractivity contribution is 5.77. The molecule has 0 unspecified atom stereocenters. The van der Waals surface area contributed by atoms with Crippen LogP contribution in [-0.2, 0) is 4.79 Å². The van der Waals surface area contributed by atoms with Gasteiger partial charge in [0, 0.05) is 13.1 Å². The van der Waals surface area contributed by atoms with E-state index in [2.05, 4.69) is 12.2 Å². The molecule has 2 N–H and O–H groups in total. The monoisotopic (exact) mass is 214 g/mol. The maximum Gasteiger partial charge on any atom is 0.234 e. The Balaban J connectivity index is 2.13. The SMILES string of the molecule is CCCCNC(=O)CN1CCC[C@H](O)C1. The van der Waals surface area contributed by atoms with Crippen molar-refractivity contribution >= 4 is 5.91 Å². The molecule has 1 aliphatic rings. The molecule has 0 spiro atoms. The first kappa shape index (κ1) is 12.5. The van der Waals surface area contributed by atoms with Crippen LogP contribution in [0.1, 0.15) is 32.6 Å². The Hall–Kier alpha value is -0.610. The number of carbonyl (C=O) groups excluding carboxylic acids is 1. The van der Waals surface area contributed by atoms with Gasteiger partial charge in [0.1, 0.15) is 0 Å². The number of nitrogens with one attached hydrogen (secondary N) is 1. The van der Waals surface area contributed by atoms with Gasteiger partial charge in [0.2, 0.25) is 5.91 Å². The number of piperidine rings is 1. The van der Waals surface area contributed by atoms with E-state index >= 15 is 0 Å². The molecule has 0 saturated carbocycles. The number of carbonyl (C=O) groups is 1. The van der Waals surface area contributed by atoms with Gasteiger partial charge in [0.05, 0.1) is 12.6 Å². The third kappa shape index (κ3) is 5.14. The summed E-state index contributed by atoms with van der Waals surface area (Å²) in [6.45, 7) is 4.87. The van der Waals surface area contributed by atoms with Crippen molar-refractivity contribution in [2.24, 2.45) is 0 Å². The lowest BCUT2D eigenvalue weighted by atomic mass is 10.1. The van der Waals surface area contributed by atoms with Gasteiger partial charge in [-0.3, -0.25) is 9.69 Å². The van der Waals surface area contributed by atoms with Crippen molar-refractivity contribution in [3.8, 4) is 0 Å². The minimum absolute atomic E-state index is 0.0811. The Bertz CT molecular complexity index is 197. The van der Waals surface area contributed by atoms with E-state index in [1.807, 2.05) is 4.90 Å². The molecule has 4 nitrogen and oxygen atoms in total. The van der Waals surface area contributed by atoms with Gasteiger partial charge in [-0.25, -0.2) is 0 Å². The fourth-order valence-corrected chi connectivity index (χ4v) is 1.84. The molecule has 0 aliphatic carbocycles. The second kappa shape index (κ2) is 6.80. The predicted octanol–water partition coefficient (Wildman–Crippen LogP) is 0.359. The standard InChI is InChI=1S/C11H22N2O2/c1-2-3-6-12-11(15)9-13-7-4-5-10(14)8-13/h10,14H,2-9H2,1H3,(H,12,15)/t10-/m0/s1. The maximum absolute atomic E-state index is 11.5. The molecule has 1 amide bonds. The van der Waals surface area contributed by atoms with Crippen LogP contribution in [0.2, 0.25) is 0 Å². The number of aliphatic hydroxyl groups is 1. The zero-order chi connectivity index (χ0) is 11.1. The summed E-state index contributed by atoms with van der Waals surface area (Å²) >= 11 is 0. The summed E-state index contributed by atoms with van der Waals surface area (Å²) in [6.07, 6.45) is 3.75. The molecule has 1 rings (SSSR count). The lowest BCUT2D eigenvalue weighted by molar-refractivity contribution is -0.122. The molecule has 88 valence electrons. The molecule has 1 atom stereocenters. The fourth-order valence-electron chi connectivity index (χ4n) is 1.84. The van der Waals surface area contributed by atoms with E-state index in [0.717, 1.165) is 38.8 Å². The predicted molar refractivity (Wildman–Crippen MR) is 59.6 cm³/mol. The molecule has 0 aromatic heterocycles. The van der Waals surface area contributed by atoms with E-state index in [9.17, 15) is 9.90 Å². The average molecular weight is 214 g/mol. The summed E-state index contributed by atoms with van der Waals surface area (Å²) in [5, 5.41) is 12.3. The molecule has 15 heavy (non-hydrogen) atoms. The summed E-state index contributed by atoms with van der Waals surface area (Å²) in [5.41, 5.74) is 0. The van der Waals surface area contributed by atoms with Gasteiger partial charge < -0.3 is 10.4 Å². The van der Waals surface area contributed by atoms with Crippen LogP contribution in [-0.4, -0.2) is 48.2 Å². The van der Waals surface area contributed by atoms with Crippen LogP contribution in [0.4, 0.5) is 0 Å². The minimum atomic E-state index is -0.248. The molecular formula is C11H22N2O2. The zero-order valence-electron chi connectivity index (χ0n) is 9.54. The van der Waals surface area contributed by atoms with Crippen LogP contribution in [0.15, 0.2) is 0 Å². The van der Waals surface area contributed by atoms with Gasteiger partial charge in [0.25, 0.3) is 0 Å². The number of hydrogen-bond acceptors (Lipinski definition) is 3. The minimum Gasteiger partial charge on any atom is -0.392 e. The molecule has 4 heteroatoms. The Labute approximate surface area is 91.6 Å². The highest BCUT2D eigenvalue weighted by Crippen LogP contribution is 2.08. The number of aliphatic hydroxyl groups excluding tert-OH is 1. The Morgan fingerprint density at radius 2 is 2.40 bits per heavy atom. The van der Waals surface area contributed by atoms with Crippen LogP contribution in [0, 0.1) is 0 Å². The van der Waals surface area contributed by atoms with Crippen molar-refractivity contribution in [3.63, 3.8) is 0 Å². The number of amides is 1. The second-order valence-electron chi connectivity index (χ2n) is 4.23. The maximum atomic E-state index is 11.5. The largest absolute Gasteiger partial charge is 0.392 e. The van der Waals surface area contributed by atoms with Crippen LogP contribution in [0.5, 0.6) is 0 Å². The van der Waals surface area contributed by atoms with Crippen molar-refractivity contribution in [1.82, 2.24) is 10.2 Å². The van der Waals surface area contributed by atoms with Gasteiger partial charge in [-0.05, 0) is 25.8 Å². The highest BCUT2D eigenvalue weighted by Gasteiger charge is 2.19. The molecule has 1 saturated heterocycles. The van der Waals surface area contributed by atoms with E-state index < -0.39 is 0 Å². The first-order valence-electron chi connectivity index (χ1n) is 5.89. The number of β-amino-alcohol motifs (C(OH)–C–C–N with tert-alkyl or cyclic N) is 1. The number of hydrogen-bond donors (Lipinski definition) is 2. The molecule has 0 aromatic carbocycles. The van der Waals surface area contributed by atoms with Crippen molar-refractivity contribution < 1.29 is 9.90 Å². The van der Waals surface area contributed by atoms with Crippen molar-refractivity contribution in [2.75, 3.05) is 26.2 Å². The quantitative estimate of drug-likeness (QED) is 0.650. The summed E-state index contributed by atoms with van der Waals surface area (Å²) in [5.74, 6) is 0.0811. The summed E-state index contributed by atoms with van der Waals surface area (Å²) in [7, 11) is 0. The number of unbranched alkanes of at least 4 members (excludes halogenated alkanes) is 1. The van der Waals surface area contributed by atoms with Crippen LogP contribution in [0.3, 0.4) is 0 Å². The number of nitrogens with zero attached hydrogens (tertiary/aromatic N) is 1. The second-order valence-corrected chi connectivity index (χ2v) is 4.23. The van der Waals surface area contributed by atoms with E-state index in [0.29, 0.717) is 13.1 Å². The third-order valence-electron chi connectivity index (χ3n) is 2.70. The smallest absolute Gasteiger partial charge is 0.234 e. The van der Waals surface area contributed by atoms with Crippen LogP contribution >= 0.6 is 0 Å². The normalized spacial score (nSPS) is 22.7. The third-order valence-corrected chi connectivity index (χ3v) is 2.70. The molecule has 0 radical (unpaired) electrons. The molecular weight excluding hydrogens is 192 g/mol. The Morgan fingerprint density at radius 1 is 1.60 bits per heavy atom. The summed E-state index contributed by atoms with van der Waals surface area (Å²) in [6, 6.07) is 0. The van der Waals surface area contributed by atoms with Crippen molar-refractivity contribution in [1.29, 1.82) is 0 Å². The highest BCUT2D eigenvalue weighted by atomic mass is 16.3. The first-order valence-corrected chi connectivity index (χ1v) is 5.89. The van der Waals surface area contributed by atoms with Gasteiger partial charge in [0.15, 0.2) is 0 Å². The average Bonchev–Trinajstić information content (AvgIpc) is 2.18. The van der Waals surface area contributed by atoms with Crippen molar-refractivity contribution in [2.45, 2.75) is 38.7 Å². The zero-order valence-corrected chi connectivity index (χ0v) is 9.54. The van der Waals surface area contributed by atoms with E-state index in [1.54, 1.807) is 0 Å². The van der Waals surface area contributed by atoms with Gasteiger partial charge in [-0.15, -0.1) is 0 Å². The van der Waals surface area contributed by atoms with E-state index in [-0.39, 0.29) is 12.0 Å². The van der Waals surface area contributed by atoms with Crippen LogP contribution in [0.25, 0.3) is 0 Å².